The Bertz CT molecular complexity index is 1110. The van der Waals surface area contributed by atoms with Crippen LogP contribution >= 0.6 is 0 Å². The molecule has 5 rings (SSSR count). The highest BCUT2D eigenvalue weighted by molar-refractivity contribution is 6.11. The lowest BCUT2D eigenvalue weighted by Gasteiger charge is -2.47. The number of fused-ring (bicyclic) bond motifs is 1. The normalized spacial score (nSPS) is 18.5. The lowest BCUT2D eigenvalue weighted by atomic mass is 9.84. The topological polar surface area (TPSA) is 38.8 Å². The number of nitrogens with zero attached hydrogens (tertiary/aromatic N) is 1. The summed E-state index contributed by atoms with van der Waals surface area (Å²) in [6, 6.07) is 20.9. The number of piperidine rings is 1. The largest absolute Gasteiger partial charge is 0.375 e. The van der Waals surface area contributed by atoms with E-state index in [1.807, 2.05) is 30.0 Å². The molecule has 32 heavy (non-hydrogen) atoms. The molecule has 4 nitrogen and oxygen atoms in total. The van der Waals surface area contributed by atoms with Crippen LogP contribution in [-0.2, 0) is 9.47 Å². The van der Waals surface area contributed by atoms with Crippen LogP contribution in [0.3, 0.4) is 0 Å². The Kier molecular flexibility index (Phi) is 5.75. The van der Waals surface area contributed by atoms with Crippen LogP contribution in [0.25, 0.3) is 21.9 Å². The number of hydrogen-bond donors (Lipinski definition) is 0. The number of rotatable bonds is 5. The predicted octanol–water partition coefficient (Wildman–Crippen LogP) is 6.00. The molecule has 1 unspecified atom stereocenters. The average Bonchev–Trinajstić information content (AvgIpc) is 2.82. The Hall–Kier alpha value is -2.69. The third-order valence-corrected chi connectivity index (χ3v) is 7.19. The zero-order valence-electron chi connectivity index (χ0n) is 19.0. The van der Waals surface area contributed by atoms with E-state index in [1.54, 1.807) is 0 Å². The number of benzene rings is 3. The average molecular weight is 430 g/mol. The van der Waals surface area contributed by atoms with Crippen molar-refractivity contribution in [3.05, 3.63) is 71.8 Å². The summed E-state index contributed by atoms with van der Waals surface area (Å²) in [6.45, 7) is 7.21. The molecule has 2 aliphatic rings. The molecular formula is C28H31NO3. The molecule has 0 aromatic heterocycles. The van der Waals surface area contributed by atoms with Gasteiger partial charge in [-0.05, 0) is 66.6 Å². The van der Waals surface area contributed by atoms with Gasteiger partial charge in [-0.2, -0.15) is 0 Å². The van der Waals surface area contributed by atoms with Gasteiger partial charge in [0.2, 0.25) is 0 Å². The highest BCUT2D eigenvalue weighted by atomic mass is 16.5. The minimum atomic E-state index is 0.0501. The number of amides is 1. The Balaban J connectivity index is 1.43. The first kappa shape index (κ1) is 21.2. The van der Waals surface area contributed by atoms with Gasteiger partial charge in [0.05, 0.1) is 18.3 Å². The molecule has 0 radical (unpaired) electrons. The van der Waals surface area contributed by atoms with Gasteiger partial charge in [0, 0.05) is 25.3 Å². The summed E-state index contributed by atoms with van der Waals surface area (Å²) in [6.07, 6.45) is 3.11. The van der Waals surface area contributed by atoms with Crippen molar-refractivity contribution in [3.8, 4) is 11.1 Å². The second kappa shape index (κ2) is 8.68. The highest BCUT2D eigenvalue weighted by Crippen LogP contribution is 2.38. The van der Waals surface area contributed by atoms with E-state index in [0.717, 1.165) is 66.4 Å². The molecule has 1 amide bonds. The maximum Gasteiger partial charge on any atom is 0.254 e. The molecule has 1 spiro atoms. The zero-order valence-corrected chi connectivity index (χ0v) is 19.0. The van der Waals surface area contributed by atoms with Crippen molar-refractivity contribution in [1.82, 2.24) is 4.90 Å². The lowest BCUT2D eigenvalue weighted by molar-refractivity contribution is -0.169. The quantitative estimate of drug-likeness (QED) is 0.499. The van der Waals surface area contributed by atoms with Gasteiger partial charge in [0.1, 0.15) is 0 Å². The molecule has 2 saturated heterocycles. The SMILES string of the molecule is CCOC(C)c1ccc(-c2ccc(C(=O)N3CCC4(CCO4)CC3)c3ccccc23)cc1. The van der Waals surface area contributed by atoms with Crippen LogP contribution in [0.2, 0.25) is 0 Å². The number of ether oxygens (including phenoxy) is 2. The van der Waals surface area contributed by atoms with Crippen molar-refractivity contribution in [2.75, 3.05) is 26.3 Å². The molecule has 0 saturated carbocycles. The molecule has 0 N–H and O–H groups in total. The van der Waals surface area contributed by atoms with Gasteiger partial charge in [0.15, 0.2) is 0 Å². The fourth-order valence-electron chi connectivity index (χ4n) is 5.09. The fourth-order valence-corrected chi connectivity index (χ4v) is 5.09. The van der Waals surface area contributed by atoms with Crippen LogP contribution in [0.5, 0.6) is 0 Å². The molecule has 166 valence electrons. The number of hydrogen-bond acceptors (Lipinski definition) is 3. The van der Waals surface area contributed by atoms with E-state index < -0.39 is 0 Å². The van der Waals surface area contributed by atoms with Crippen LogP contribution in [-0.4, -0.2) is 42.7 Å². The zero-order chi connectivity index (χ0) is 22.1. The minimum absolute atomic E-state index is 0.0501. The van der Waals surface area contributed by atoms with E-state index in [2.05, 4.69) is 49.4 Å². The molecule has 3 aromatic rings. The van der Waals surface area contributed by atoms with E-state index in [0.29, 0.717) is 6.61 Å². The third-order valence-electron chi connectivity index (χ3n) is 7.19. The first-order valence-electron chi connectivity index (χ1n) is 11.8. The monoisotopic (exact) mass is 429 g/mol. The summed E-state index contributed by atoms with van der Waals surface area (Å²) >= 11 is 0. The predicted molar refractivity (Wildman–Crippen MR) is 128 cm³/mol. The second-order valence-corrected chi connectivity index (χ2v) is 9.00. The summed E-state index contributed by atoms with van der Waals surface area (Å²) < 4.78 is 11.5. The van der Waals surface area contributed by atoms with Crippen LogP contribution in [0.15, 0.2) is 60.7 Å². The smallest absolute Gasteiger partial charge is 0.254 e. The van der Waals surface area contributed by atoms with Crippen molar-refractivity contribution >= 4 is 16.7 Å². The van der Waals surface area contributed by atoms with Crippen LogP contribution in [0.4, 0.5) is 0 Å². The van der Waals surface area contributed by atoms with Crippen molar-refractivity contribution in [2.24, 2.45) is 0 Å². The van der Waals surface area contributed by atoms with Gasteiger partial charge in [-0.25, -0.2) is 0 Å². The van der Waals surface area contributed by atoms with Gasteiger partial charge in [-0.3, -0.25) is 4.79 Å². The lowest BCUT2D eigenvalue weighted by Crippen LogP contribution is -2.53. The van der Waals surface area contributed by atoms with E-state index >= 15 is 0 Å². The molecule has 2 heterocycles. The Morgan fingerprint density at radius 1 is 1.00 bits per heavy atom. The molecule has 2 fully saturated rings. The third kappa shape index (κ3) is 3.82. The molecule has 0 aliphatic carbocycles. The first-order chi connectivity index (χ1) is 15.6. The molecule has 0 bridgehead atoms. The maximum atomic E-state index is 13.4. The van der Waals surface area contributed by atoms with E-state index in [4.69, 9.17) is 9.47 Å². The van der Waals surface area contributed by atoms with Gasteiger partial charge in [0.25, 0.3) is 5.91 Å². The Morgan fingerprint density at radius 3 is 2.31 bits per heavy atom. The standard InChI is InChI=1S/C28H31NO3/c1-3-31-20(2)21-8-10-22(11-9-21)23-12-13-26(25-7-5-4-6-24(23)25)27(30)29-17-14-28(15-18-29)16-19-32-28/h4-13,20H,3,14-19H2,1-2H3. The molecular weight excluding hydrogens is 398 g/mol. The van der Waals surface area contributed by atoms with E-state index in [9.17, 15) is 4.79 Å². The number of carbonyl (C=O) groups is 1. The maximum absolute atomic E-state index is 13.4. The Labute approximate surface area is 190 Å². The highest BCUT2D eigenvalue weighted by Gasteiger charge is 2.42. The summed E-state index contributed by atoms with van der Waals surface area (Å²) in [5.41, 5.74) is 4.30. The van der Waals surface area contributed by atoms with Crippen molar-refractivity contribution in [2.45, 2.75) is 44.8 Å². The number of likely N-dealkylation sites (tertiary alicyclic amines) is 1. The minimum Gasteiger partial charge on any atom is -0.375 e. The Morgan fingerprint density at radius 2 is 1.69 bits per heavy atom. The first-order valence-corrected chi connectivity index (χ1v) is 11.8. The van der Waals surface area contributed by atoms with Gasteiger partial charge < -0.3 is 14.4 Å². The summed E-state index contributed by atoms with van der Waals surface area (Å²) in [5.74, 6) is 0.128. The molecule has 2 aliphatic heterocycles. The summed E-state index contributed by atoms with van der Waals surface area (Å²) in [7, 11) is 0. The molecule has 4 heteroatoms. The van der Waals surface area contributed by atoms with E-state index in [1.165, 1.54) is 5.56 Å². The number of carbonyl (C=O) groups excluding carboxylic acids is 1. The van der Waals surface area contributed by atoms with Gasteiger partial charge in [-0.15, -0.1) is 0 Å². The van der Waals surface area contributed by atoms with E-state index in [-0.39, 0.29) is 17.6 Å². The fraction of sp³-hybridized carbons (Fsp3) is 0.393. The summed E-state index contributed by atoms with van der Waals surface area (Å²) in [5, 5.41) is 2.13. The summed E-state index contributed by atoms with van der Waals surface area (Å²) in [4.78, 5) is 15.4. The van der Waals surface area contributed by atoms with Crippen molar-refractivity contribution in [3.63, 3.8) is 0 Å². The molecule has 1 atom stereocenters. The van der Waals surface area contributed by atoms with Crippen molar-refractivity contribution in [1.29, 1.82) is 0 Å². The van der Waals surface area contributed by atoms with Crippen LogP contribution in [0, 0.1) is 0 Å². The van der Waals surface area contributed by atoms with Gasteiger partial charge >= 0.3 is 0 Å². The van der Waals surface area contributed by atoms with Gasteiger partial charge in [-0.1, -0.05) is 54.6 Å². The van der Waals surface area contributed by atoms with Crippen molar-refractivity contribution < 1.29 is 14.3 Å². The van der Waals surface area contributed by atoms with Crippen LogP contribution < -0.4 is 0 Å². The van der Waals surface area contributed by atoms with Crippen LogP contribution in [0.1, 0.15) is 55.1 Å². The molecule has 3 aromatic carbocycles. The second-order valence-electron chi connectivity index (χ2n) is 9.00.